The minimum absolute atomic E-state index is 0.781. The molecule has 6 nitrogen and oxygen atoms in total. The van der Waals surface area contributed by atoms with Gasteiger partial charge in [-0.05, 0) is 26.1 Å². The van der Waals surface area contributed by atoms with Crippen molar-refractivity contribution in [1.82, 2.24) is 25.1 Å². The number of hydrogen-bond acceptors (Lipinski definition) is 5. The largest absolute Gasteiger partial charge is 0.357 e. The van der Waals surface area contributed by atoms with Gasteiger partial charge >= 0.3 is 0 Å². The van der Waals surface area contributed by atoms with Gasteiger partial charge < -0.3 is 10.2 Å². The maximum absolute atomic E-state index is 4.48. The smallest absolute Gasteiger partial charge is 0.178 e. The van der Waals surface area contributed by atoms with E-state index in [1.807, 2.05) is 33.2 Å². The molecular formula is C10H16N6. The lowest BCUT2D eigenvalue weighted by Gasteiger charge is -2.17. The summed E-state index contributed by atoms with van der Waals surface area (Å²) < 4.78 is 1.76. The molecule has 16 heavy (non-hydrogen) atoms. The van der Waals surface area contributed by atoms with Gasteiger partial charge in [0, 0.05) is 20.1 Å². The highest BCUT2D eigenvalue weighted by atomic mass is 15.4. The van der Waals surface area contributed by atoms with Gasteiger partial charge in [-0.15, -0.1) is 15.3 Å². The Labute approximate surface area is 94.3 Å². The number of fused-ring (bicyclic) bond motifs is 1. The zero-order chi connectivity index (χ0) is 11.5. The van der Waals surface area contributed by atoms with Gasteiger partial charge in [-0.2, -0.15) is 4.52 Å². The van der Waals surface area contributed by atoms with E-state index in [1.165, 1.54) is 0 Å². The first kappa shape index (κ1) is 10.8. The number of rotatable bonds is 4. The van der Waals surface area contributed by atoms with Crippen LogP contribution in [0.25, 0.3) is 5.65 Å². The molecule has 2 heterocycles. The van der Waals surface area contributed by atoms with Crippen LogP contribution in [0.4, 0.5) is 5.82 Å². The molecular weight excluding hydrogens is 204 g/mol. The van der Waals surface area contributed by atoms with E-state index in [2.05, 4.69) is 25.5 Å². The lowest BCUT2D eigenvalue weighted by molar-refractivity contribution is 0.748. The quantitative estimate of drug-likeness (QED) is 0.791. The standard InChI is InChI=1S/C10H16N6/c1-8-12-13-9-4-5-10(14-16(8)9)15(3)7-6-11-2/h4-5,11H,6-7H2,1-3H3. The Morgan fingerprint density at radius 1 is 1.38 bits per heavy atom. The topological polar surface area (TPSA) is 58.3 Å². The lowest BCUT2D eigenvalue weighted by Crippen LogP contribution is -2.28. The van der Waals surface area contributed by atoms with E-state index < -0.39 is 0 Å². The molecule has 0 bridgehead atoms. The van der Waals surface area contributed by atoms with Crippen LogP contribution in [0.2, 0.25) is 0 Å². The summed E-state index contributed by atoms with van der Waals surface area (Å²) >= 11 is 0. The fraction of sp³-hybridized carbons (Fsp3) is 0.500. The average molecular weight is 220 g/mol. The highest BCUT2D eigenvalue weighted by molar-refractivity contribution is 5.45. The van der Waals surface area contributed by atoms with Crippen LogP contribution in [0, 0.1) is 6.92 Å². The zero-order valence-corrected chi connectivity index (χ0v) is 9.80. The third kappa shape index (κ3) is 1.96. The molecule has 0 radical (unpaired) electrons. The fourth-order valence-corrected chi connectivity index (χ4v) is 1.48. The number of likely N-dealkylation sites (N-methyl/N-ethyl adjacent to an activating group) is 2. The Bertz CT molecular complexity index is 477. The number of anilines is 1. The molecule has 0 spiro atoms. The monoisotopic (exact) mass is 220 g/mol. The summed E-state index contributed by atoms with van der Waals surface area (Å²) in [5.41, 5.74) is 0.781. The maximum atomic E-state index is 4.48. The van der Waals surface area contributed by atoms with E-state index in [-0.39, 0.29) is 0 Å². The van der Waals surface area contributed by atoms with Crippen LogP contribution in [0.5, 0.6) is 0 Å². The number of aromatic nitrogens is 4. The van der Waals surface area contributed by atoms with Crippen LogP contribution in [0.1, 0.15) is 5.82 Å². The Balaban J connectivity index is 2.27. The molecule has 2 aromatic rings. The summed E-state index contributed by atoms with van der Waals surface area (Å²) in [7, 11) is 3.96. The highest BCUT2D eigenvalue weighted by Gasteiger charge is 2.06. The molecule has 0 unspecified atom stereocenters. The Kier molecular flexibility index (Phi) is 3.00. The molecule has 6 heteroatoms. The second-order valence-corrected chi connectivity index (χ2v) is 3.73. The first-order chi connectivity index (χ1) is 7.72. The van der Waals surface area contributed by atoms with Gasteiger partial charge in [-0.3, -0.25) is 0 Å². The Morgan fingerprint density at radius 2 is 2.19 bits per heavy atom. The number of nitrogens with one attached hydrogen (secondary N) is 1. The summed E-state index contributed by atoms with van der Waals surface area (Å²) in [6.45, 7) is 3.73. The summed E-state index contributed by atoms with van der Waals surface area (Å²) in [6.07, 6.45) is 0. The molecule has 0 saturated carbocycles. The van der Waals surface area contributed by atoms with Crippen LogP contribution in [0.15, 0.2) is 12.1 Å². The molecule has 0 aliphatic carbocycles. The van der Waals surface area contributed by atoms with Crippen molar-refractivity contribution < 1.29 is 0 Å². The van der Waals surface area contributed by atoms with E-state index in [1.54, 1.807) is 4.52 Å². The molecule has 1 N–H and O–H groups in total. The second-order valence-electron chi connectivity index (χ2n) is 3.73. The van der Waals surface area contributed by atoms with Crippen molar-refractivity contribution in [3.8, 4) is 0 Å². The predicted molar refractivity (Wildman–Crippen MR) is 62.7 cm³/mol. The van der Waals surface area contributed by atoms with Crippen LogP contribution in [-0.2, 0) is 0 Å². The van der Waals surface area contributed by atoms with Gasteiger partial charge in [0.15, 0.2) is 11.5 Å². The van der Waals surface area contributed by atoms with E-state index in [0.29, 0.717) is 0 Å². The van der Waals surface area contributed by atoms with E-state index in [9.17, 15) is 0 Å². The lowest BCUT2D eigenvalue weighted by atomic mass is 10.4. The summed E-state index contributed by atoms with van der Waals surface area (Å²) in [4.78, 5) is 2.09. The maximum Gasteiger partial charge on any atom is 0.178 e. The Morgan fingerprint density at radius 3 is 2.94 bits per heavy atom. The molecule has 0 aliphatic heterocycles. The van der Waals surface area contributed by atoms with Crippen molar-refractivity contribution in [3.05, 3.63) is 18.0 Å². The molecule has 86 valence electrons. The highest BCUT2D eigenvalue weighted by Crippen LogP contribution is 2.09. The molecule has 0 atom stereocenters. The summed E-state index contributed by atoms with van der Waals surface area (Å²) in [6, 6.07) is 3.89. The molecule has 2 rings (SSSR count). The summed E-state index contributed by atoms with van der Waals surface area (Å²) in [5.74, 6) is 1.73. The third-order valence-electron chi connectivity index (χ3n) is 2.49. The van der Waals surface area contributed by atoms with E-state index in [4.69, 9.17) is 0 Å². The van der Waals surface area contributed by atoms with Crippen molar-refractivity contribution in [2.24, 2.45) is 0 Å². The molecule has 2 aromatic heterocycles. The fourth-order valence-electron chi connectivity index (χ4n) is 1.48. The normalized spacial score (nSPS) is 10.9. The first-order valence-corrected chi connectivity index (χ1v) is 5.27. The van der Waals surface area contributed by atoms with Gasteiger partial charge in [0.05, 0.1) is 0 Å². The molecule has 0 aliphatic rings. The number of hydrogen-bond donors (Lipinski definition) is 1. The van der Waals surface area contributed by atoms with Crippen molar-refractivity contribution in [1.29, 1.82) is 0 Å². The van der Waals surface area contributed by atoms with Crippen molar-refractivity contribution in [3.63, 3.8) is 0 Å². The van der Waals surface area contributed by atoms with Crippen LogP contribution in [-0.4, -0.2) is 47.0 Å². The third-order valence-corrected chi connectivity index (χ3v) is 2.49. The number of nitrogens with zero attached hydrogens (tertiary/aromatic N) is 5. The SMILES string of the molecule is CNCCN(C)c1ccc2nnc(C)n2n1. The van der Waals surface area contributed by atoms with Crippen LogP contribution in [0.3, 0.4) is 0 Å². The van der Waals surface area contributed by atoms with E-state index >= 15 is 0 Å². The number of aryl methyl sites for hydroxylation is 1. The van der Waals surface area contributed by atoms with Crippen LogP contribution >= 0.6 is 0 Å². The second kappa shape index (κ2) is 4.44. The minimum Gasteiger partial charge on any atom is -0.357 e. The Hall–Kier alpha value is -1.69. The molecule has 0 fully saturated rings. The molecule has 0 amide bonds. The minimum atomic E-state index is 0.781. The van der Waals surface area contributed by atoms with E-state index in [0.717, 1.165) is 30.4 Å². The first-order valence-electron chi connectivity index (χ1n) is 5.27. The predicted octanol–water partition coefficient (Wildman–Crippen LogP) is 0.0883. The van der Waals surface area contributed by atoms with Gasteiger partial charge in [-0.25, -0.2) is 0 Å². The summed E-state index contributed by atoms with van der Waals surface area (Å²) in [5, 5.41) is 15.6. The van der Waals surface area contributed by atoms with Crippen molar-refractivity contribution in [2.75, 3.05) is 32.1 Å². The molecule has 0 saturated heterocycles. The average Bonchev–Trinajstić information content (AvgIpc) is 2.67. The van der Waals surface area contributed by atoms with Crippen molar-refractivity contribution >= 4 is 11.5 Å². The van der Waals surface area contributed by atoms with Crippen molar-refractivity contribution in [2.45, 2.75) is 6.92 Å². The van der Waals surface area contributed by atoms with Gasteiger partial charge in [0.25, 0.3) is 0 Å². The molecule has 0 aromatic carbocycles. The van der Waals surface area contributed by atoms with Gasteiger partial charge in [-0.1, -0.05) is 0 Å². The van der Waals surface area contributed by atoms with Gasteiger partial charge in [0.2, 0.25) is 0 Å². The van der Waals surface area contributed by atoms with Crippen LogP contribution < -0.4 is 10.2 Å². The van der Waals surface area contributed by atoms with Gasteiger partial charge in [0.1, 0.15) is 5.82 Å². The zero-order valence-electron chi connectivity index (χ0n) is 9.80.